The Kier molecular flexibility index (Phi) is 4.29. The van der Waals surface area contributed by atoms with E-state index in [-0.39, 0.29) is 5.41 Å². The molecule has 0 spiro atoms. The zero-order valence-corrected chi connectivity index (χ0v) is 13.0. The number of hydrogen-bond acceptors (Lipinski definition) is 3. The highest BCUT2D eigenvalue weighted by Crippen LogP contribution is 2.25. The lowest BCUT2D eigenvalue weighted by Gasteiger charge is -2.32. The summed E-state index contributed by atoms with van der Waals surface area (Å²) in [7, 11) is 0. The number of anilines is 1. The molecule has 2 rings (SSSR count). The molecule has 1 heterocycles. The van der Waals surface area contributed by atoms with E-state index in [1.165, 1.54) is 10.9 Å². The van der Waals surface area contributed by atoms with Gasteiger partial charge in [-0.2, -0.15) is 0 Å². The van der Waals surface area contributed by atoms with Crippen LogP contribution < -0.4 is 10.6 Å². The fourth-order valence-electron chi connectivity index (χ4n) is 2.45. The molecule has 2 N–H and O–H groups in total. The molecule has 0 bridgehead atoms. The predicted molar refractivity (Wildman–Crippen MR) is 87.2 cm³/mol. The van der Waals surface area contributed by atoms with Crippen LogP contribution in [-0.4, -0.2) is 24.6 Å². The van der Waals surface area contributed by atoms with Crippen LogP contribution in [0.25, 0.3) is 10.9 Å². The molecule has 0 aliphatic heterocycles. The Labute approximate surface area is 121 Å². The van der Waals surface area contributed by atoms with Gasteiger partial charge in [-0.1, -0.05) is 32.0 Å². The highest BCUT2D eigenvalue weighted by Gasteiger charge is 2.21. The molecule has 2 aromatic rings. The maximum Gasteiger partial charge on any atom is 0.132 e. The average molecular weight is 271 g/mol. The normalized spacial score (nSPS) is 11.8. The zero-order valence-electron chi connectivity index (χ0n) is 13.0. The standard InChI is InChI=1S/C17H25N3/c1-5-20(12-17(3,4)11-18)16-13(2)10-14-8-6-7-9-15(14)19-16/h6-10H,5,11-12,18H2,1-4H3. The van der Waals surface area contributed by atoms with E-state index in [1.807, 2.05) is 6.07 Å². The lowest BCUT2D eigenvalue weighted by atomic mass is 9.93. The van der Waals surface area contributed by atoms with Crippen molar-refractivity contribution in [1.82, 2.24) is 4.98 Å². The molecule has 1 aromatic heterocycles. The van der Waals surface area contributed by atoms with Crippen LogP contribution in [0.3, 0.4) is 0 Å². The number of rotatable bonds is 5. The van der Waals surface area contributed by atoms with E-state index in [0.717, 1.165) is 24.4 Å². The highest BCUT2D eigenvalue weighted by molar-refractivity contribution is 5.81. The van der Waals surface area contributed by atoms with Crippen molar-refractivity contribution in [2.45, 2.75) is 27.7 Å². The van der Waals surface area contributed by atoms with E-state index in [4.69, 9.17) is 10.7 Å². The Morgan fingerprint density at radius 1 is 1.25 bits per heavy atom. The monoisotopic (exact) mass is 271 g/mol. The Bertz CT molecular complexity index is 590. The zero-order chi connectivity index (χ0) is 14.8. The van der Waals surface area contributed by atoms with E-state index in [1.54, 1.807) is 0 Å². The largest absolute Gasteiger partial charge is 0.356 e. The molecule has 3 nitrogen and oxygen atoms in total. The second-order valence-corrected chi connectivity index (χ2v) is 6.20. The van der Waals surface area contributed by atoms with Crippen LogP contribution in [0, 0.1) is 12.3 Å². The summed E-state index contributed by atoms with van der Waals surface area (Å²) in [5.74, 6) is 1.08. The SMILES string of the molecule is CCN(CC(C)(C)CN)c1nc2ccccc2cc1C. The van der Waals surface area contributed by atoms with Crippen LogP contribution in [0.5, 0.6) is 0 Å². The lowest BCUT2D eigenvalue weighted by molar-refractivity contribution is 0.378. The van der Waals surface area contributed by atoms with E-state index < -0.39 is 0 Å². The number of hydrogen-bond donors (Lipinski definition) is 1. The predicted octanol–water partition coefficient (Wildman–Crippen LogP) is 3.35. The molecule has 0 unspecified atom stereocenters. The number of nitrogens with zero attached hydrogens (tertiary/aromatic N) is 2. The summed E-state index contributed by atoms with van der Waals surface area (Å²) in [6.07, 6.45) is 0. The summed E-state index contributed by atoms with van der Waals surface area (Å²) in [6.45, 7) is 11.2. The molecule has 20 heavy (non-hydrogen) atoms. The topological polar surface area (TPSA) is 42.1 Å². The first-order chi connectivity index (χ1) is 9.46. The molecule has 0 saturated heterocycles. The van der Waals surface area contributed by atoms with Gasteiger partial charge in [0.2, 0.25) is 0 Å². The summed E-state index contributed by atoms with van der Waals surface area (Å²) in [6, 6.07) is 10.5. The Morgan fingerprint density at radius 2 is 1.95 bits per heavy atom. The van der Waals surface area contributed by atoms with E-state index >= 15 is 0 Å². The second kappa shape index (κ2) is 5.80. The van der Waals surface area contributed by atoms with Crippen molar-refractivity contribution in [2.24, 2.45) is 11.1 Å². The fourth-order valence-corrected chi connectivity index (χ4v) is 2.45. The van der Waals surface area contributed by atoms with Gasteiger partial charge in [-0.3, -0.25) is 0 Å². The third-order valence-corrected chi connectivity index (χ3v) is 3.74. The van der Waals surface area contributed by atoms with E-state index in [9.17, 15) is 0 Å². The van der Waals surface area contributed by atoms with Gasteiger partial charge in [-0.15, -0.1) is 0 Å². The molecule has 0 atom stereocenters. The van der Waals surface area contributed by atoms with Gasteiger partial charge in [0.25, 0.3) is 0 Å². The molecule has 0 amide bonds. The van der Waals surface area contributed by atoms with Crippen molar-refractivity contribution in [3.8, 4) is 0 Å². The molecule has 3 heteroatoms. The minimum absolute atomic E-state index is 0.0930. The smallest absolute Gasteiger partial charge is 0.132 e. The second-order valence-electron chi connectivity index (χ2n) is 6.20. The third kappa shape index (κ3) is 3.10. The maximum atomic E-state index is 5.87. The van der Waals surface area contributed by atoms with Gasteiger partial charge in [0.15, 0.2) is 0 Å². The quantitative estimate of drug-likeness (QED) is 0.906. The fraction of sp³-hybridized carbons (Fsp3) is 0.471. The molecule has 0 fully saturated rings. The summed E-state index contributed by atoms with van der Waals surface area (Å²) < 4.78 is 0. The number of pyridine rings is 1. The van der Waals surface area contributed by atoms with Gasteiger partial charge in [-0.25, -0.2) is 4.98 Å². The van der Waals surface area contributed by atoms with Gasteiger partial charge >= 0.3 is 0 Å². The lowest BCUT2D eigenvalue weighted by Crippen LogP contribution is -2.39. The maximum absolute atomic E-state index is 5.87. The summed E-state index contributed by atoms with van der Waals surface area (Å²) in [5, 5.41) is 1.20. The molecular formula is C17H25N3. The van der Waals surface area contributed by atoms with Gasteiger partial charge in [0.05, 0.1) is 5.52 Å². The van der Waals surface area contributed by atoms with Crippen LogP contribution in [0.1, 0.15) is 26.3 Å². The number of benzene rings is 1. The van der Waals surface area contributed by atoms with E-state index in [0.29, 0.717) is 6.54 Å². The summed E-state index contributed by atoms with van der Waals surface area (Å²) in [4.78, 5) is 7.18. The Morgan fingerprint density at radius 3 is 2.60 bits per heavy atom. The van der Waals surface area contributed by atoms with Crippen LogP contribution in [0.4, 0.5) is 5.82 Å². The minimum atomic E-state index is 0.0930. The van der Waals surface area contributed by atoms with Crippen molar-refractivity contribution in [1.29, 1.82) is 0 Å². The number of fused-ring (bicyclic) bond motifs is 1. The van der Waals surface area contributed by atoms with Crippen LogP contribution in [-0.2, 0) is 0 Å². The first kappa shape index (κ1) is 14.8. The van der Waals surface area contributed by atoms with E-state index in [2.05, 4.69) is 56.9 Å². The molecule has 108 valence electrons. The molecular weight excluding hydrogens is 246 g/mol. The first-order valence-electron chi connectivity index (χ1n) is 7.28. The van der Waals surface area contributed by atoms with Gasteiger partial charge in [0.1, 0.15) is 5.82 Å². The molecule has 0 radical (unpaired) electrons. The van der Waals surface area contributed by atoms with Crippen LogP contribution >= 0.6 is 0 Å². The van der Waals surface area contributed by atoms with Crippen molar-refractivity contribution < 1.29 is 0 Å². The number of aromatic nitrogens is 1. The number of para-hydroxylation sites is 1. The summed E-state index contributed by atoms with van der Waals surface area (Å²) in [5.41, 5.74) is 8.24. The molecule has 0 aliphatic rings. The molecule has 1 aromatic carbocycles. The van der Waals surface area contributed by atoms with Crippen LogP contribution in [0.15, 0.2) is 30.3 Å². The van der Waals surface area contributed by atoms with Crippen molar-refractivity contribution >= 4 is 16.7 Å². The average Bonchev–Trinajstić information content (AvgIpc) is 2.44. The first-order valence-corrected chi connectivity index (χ1v) is 7.28. The number of aryl methyl sites for hydroxylation is 1. The highest BCUT2D eigenvalue weighted by atomic mass is 15.2. The Balaban J connectivity index is 2.41. The van der Waals surface area contributed by atoms with Crippen molar-refractivity contribution in [3.63, 3.8) is 0 Å². The van der Waals surface area contributed by atoms with Gasteiger partial charge in [-0.05, 0) is 43.5 Å². The van der Waals surface area contributed by atoms with Gasteiger partial charge < -0.3 is 10.6 Å². The Hall–Kier alpha value is -1.61. The minimum Gasteiger partial charge on any atom is -0.356 e. The van der Waals surface area contributed by atoms with Crippen molar-refractivity contribution in [2.75, 3.05) is 24.5 Å². The molecule has 0 saturated carbocycles. The van der Waals surface area contributed by atoms with Gasteiger partial charge in [0, 0.05) is 18.5 Å². The van der Waals surface area contributed by atoms with Crippen LogP contribution in [0.2, 0.25) is 0 Å². The van der Waals surface area contributed by atoms with Crippen molar-refractivity contribution in [3.05, 3.63) is 35.9 Å². The third-order valence-electron chi connectivity index (χ3n) is 3.74. The summed E-state index contributed by atoms with van der Waals surface area (Å²) >= 11 is 0. The molecule has 0 aliphatic carbocycles. The number of nitrogens with two attached hydrogens (primary N) is 1.